The third-order valence-corrected chi connectivity index (χ3v) is 3.86. The number of carbonyl (C=O) groups excluding carboxylic acids is 3. The van der Waals surface area contributed by atoms with Crippen molar-refractivity contribution < 1.29 is 23.5 Å². The van der Waals surface area contributed by atoms with Gasteiger partial charge >= 0.3 is 5.97 Å². The first-order valence-corrected chi connectivity index (χ1v) is 7.99. The quantitative estimate of drug-likeness (QED) is 0.772. The van der Waals surface area contributed by atoms with Crippen LogP contribution in [0.2, 0.25) is 0 Å². The van der Waals surface area contributed by atoms with Crippen LogP contribution in [0.25, 0.3) is 0 Å². The van der Waals surface area contributed by atoms with E-state index < -0.39 is 30.3 Å². The van der Waals surface area contributed by atoms with Gasteiger partial charge in [-0.15, -0.1) is 0 Å². The van der Waals surface area contributed by atoms with Crippen LogP contribution < -0.4 is 10.6 Å². The van der Waals surface area contributed by atoms with Crippen LogP contribution in [0.4, 0.5) is 4.39 Å². The average Bonchev–Trinajstić information content (AvgIpc) is 3.05. The monoisotopic (exact) mass is 336 g/mol. The van der Waals surface area contributed by atoms with Crippen molar-refractivity contribution in [1.82, 2.24) is 10.6 Å². The van der Waals surface area contributed by atoms with Crippen LogP contribution >= 0.6 is 0 Å². The van der Waals surface area contributed by atoms with Gasteiger partial charge in [-0.1, -0.05) is 18.9 Å². The number of benzene rings is 1. The molecule has 0 aliphatic heterocycles. The van der Waals surface area contributed by atoms with E-state index in [0.717, 1.165) is 31.7 Å². The summed E-state index contributed by atoms with van der Waals surface area (Å²) in [5.41, 5.74) is 0.106. The Hall–Kier alpha value is -2.44. The summed E-state index contributed by atoms with van der Waals surface area (Å²) in [6.07, 6.45) is 3.13. The lowest BCUT2D eigenvalue weighted by molar-refractivity contribution is -0.154. The van der Waals surface area contributed by atoms with Crippen molar-refractivity contribution in [3.05, 3.63) is 35.6 Å². The number of amides is 2. The molecule has 0 spiro atoms. The van der Waals surface area contributed by atoms with E-state index in [9.17, 15) is 18.8 Å². The number of carbonyl (C=O) groups is 3. The fourth-order valence-corrected chi connectivity index (χ4v) is 2.57. The molecule has 0 saturated heterocycles. The van der Waals surface area contributed by atoms with E-state index in [0.29, 0.717) is 0 Å². The molecule has 130 valence electrons. The molecule has 0 bridgehead atoms. The highest BCUT2D eigenvalue weighted by molar-refractivity contribution is 5.96. The Morgan fingerprint density at radius 2 is 2.00 bits per heavy atom. The average molecular weight is 336 g/mol. The van der Waals surface area contributed by atoms with Crippen LogP contribution in [0.5, 0.6) is 0 Å². The molecule has 0 radical (unpaired) electrons. The summed E-state index contributed by atoms with van der Waals surface area (Å²) in [6, 6.07) is 5.26. The Morgan fingerprint density at radius 1 is 1.29 bits per heavy atom. The number of hydrogen-bond acceptors (Lipinski definition) is 4. The molecule has 1 aliphatic carbocycles. The minimum Gasteiger partial charge on any atom is -0.451 e. The fourth-order valence-electron chi connectivity index (χ4n) is 2.57. The number of ether oxygens (including phenoxy) is 1. The van der Waals surface area contributed by atoms with E-state index in [1.165, 1.54) is 25.1 Å². The minimum atomic E-state index is -0.927. The molecule has 1 atom stereocenters. The van der Waals surface area contributed by atoms with E-state index in [1.807, 2.05) is 0 Å². The first-order valence-electron chi connectivity index (χ1n) is 7.99. The number of rotatable bonds is 6. The maximum absolute atomic E-state index is 13.0. The summed E-state index contributed by atoms with van der Waals surface area (Å²) in [7, 11) is 0. The van der Waals surface area contributed by atoms with Gasteiger partial charge in [0.25, 0.3) is 11.8 Å². The standard InChI is InChI=1S/C17H21FN2O4/c1-11(16(22)20-14-7-2-3-8-14)24-15(21)10-19-17(23)12-5-4-6-13(18)9-12/h4-6,9,11,14H,2-3,7-8,10H2,1H3,(H,19,23)(H,20,22)/t11-/m1/s1. The second-order valence-electron chi connectivity index (χ2n) is 5.82. The zero-order valence-electron chi connectivity index (χ0n) is 13.5. The van der Waals surface area contributed by atoms with Crippen molar-refractivity contribution in [2.24, 2.45) is 0 Å². The lowest BCUT2D eigenvalue weighted by atomic mass is 10.2. The number of nitrogens with one attached hydrogen (secondary N) is 2. The lowest BCUT2D eigenvalue weighted by Crippen LogP contribution is -2.42. The van der Waals surface area contributed by atoms with E-state index in [2.05, 4.69) is 10.6 Å². The smallest absolute Gasteiger partial charge is 0.326 e. The molecule has 1 saturated carbocycles. The summed E-state index contributed by atoms with van der Waals surface area (Å²) in [5.74, 6) is -2.20. The Kier molecular flexibility index (Phi) is 6.28. The van der Waals surface area contributed by atoms with Gasteiger partial charge in [0.05, 0.1) is 0 Å². The van der Waals surface area contributed by atoms with Crippen molar-refractivity contribution in [2.45, 2.75) is 44.8 Å². The van der Waals surface area contributed by atoms with Gasteiger partial charge in [0.15, 0.2) is 6.10 Å². The Bertz CT molecular complexity index is 614. The maximum Gasteiger partial charge on any atom is 0.326 e. The SMILES string of the molecule is C[C@@H](OC(=O)CNC(=O)c1cccc(F)c1)C(=O)NC1CCCC1. The number of halogens is 1. The minimum absolute atomic E-state index is 0.106. The van der Waals surface area contributed by atoms with Crippen molar-refractivity contribution in [3.63, 3.8) is 0 Å². The first kappa shape index (κ1) is 17.9. The predicted molar refractivity (Wildman–Crippen MR) is 84.7 cm³/mol. The van der Waals surface area contributed by atoms with Crippen molar-refractivity contribution >= 4 is 17.8 Å². The molecule has 6 nitrogen and oxygen atoms in total. The van der Waals surface area contributed by atoms with Crippen LogP contribution in [-0.2, 0) is 14.3 Å². The fraction of sp³-hybridized carbons (Fsp3) is 0.471. The van der Waals surface area contributed by atoms with Crippen LogP contribution in [0.1, 0.15) is 43.0 Å². The van der Waals surface area contributed by atoms with Crippen molar-refractivity contribution in [2.75, 3.05) is 6.54 Å². The zero-order valence-corrected chi connectivity index (χ0v) is 13.5. The predicted octanol–water partition coefficient (Wildman–Crippen LogP) is 1.55. The van der Waals surface area contributed by atoms with Gasteiger partial charge in [-0.2, -0.15) is 0 Å². The highest BCUT2D eigenvalue weighted by Crippen LogP contribution is 2.17. The summed E-state index contributed by atoms with van der Waals surface area (Å²) < 4.78 is 18.0. The van der Waals surface area contributed by atoms with Crippen molar-refractivity contribution in [3.8, 4) is 0 Å². The van der Waals surface area contributed by atoms with Crippen LogP contribution in [-0.4, -0.2) is 36.5 Å². The molecule has 1 aromatic carbocycles. The van der Waals surface area contributed by atoms with Gasteiger partial charge in [0, 0.05) is 11.6 Å². The molecule has 1 fully saturated rings. The Morgan fingerprint density at radius 3 is 2.67 bits per heavy atom. The molecule has 1 aromatic rings. The summed E-state index contributed by atoms with van der Waals surface area (Å²) in [4.78, 5) is 35.4. The van der Waals surface area contributed by atoms with Crippen LogP contribution in [0.3, 0.4) is 0 Å². The van der Waals surface area contributed by atoms with E-state index >= 15 is 0 Å². The van der Waals surface area contributed by atoms with Gasteiger partial charge in [0.2, 0.25) is 0 Å². The zero-order chi connectivity index (χ0) is 17.5. The van der Waals surface area contributed by atoms with Crippen LogP contribution in [0, 0.1) is 5.82 Å². The molecule has 2 amide bonds. The van der Waals surface area contributed by atoms with Crippen molar-refractivity contribution in [1.29, 1.82) is 0 Å². The molecule has 0 heterocycles. The third-order valence-electron chi connectivity index (χ3n) is 3.86. The number of esters is 1. The highest BCUT2D eigenvalue weighted by Gasteiger charge is 2.23. The normalized spacial score (nSPS) is 15.6. The van der Waals surface area contributed by atoms with E-state index in [-0.39, 0.29) is 17.5 Å². The summed E-state index contributed by atoms with van der Waals surface area (Å²) in [5, 5.41) is 5.17. The number of hydrogen-bond donors (Lipinski definition) is 2. The Labute approximate surface area is 139 Å². The van der Waals surface area contributed by atoms with Gasteiger partial charge < -0.3 is 15.4 Å². The van der Waals surface area contributed by atoms with Gasteiger partial charge in [-0.25, -0.2) is 4.39 Å². The summed E-state index contributed by atoms with van der Waals surface area (Å²) >= 11 is 0. The molecule has 1 aliphatic rings. The molecular weight excluding hydrogens is 315 g/mol. The molecule has 2 N–H and O–H groups in total. The lowest BCUT2D eigenvalue weighted by Gasteiger charge is -2.17. The van der Waals surface area contributed by atoms with Gasteiger partial charge in [-0.05, 0) is 38.0 Å². The van der Waals surface area contributed by atoms with E-state index in [1.54, 1.807) is 0 Å². The molecular formula is C17H21FN2O4. The van der Waals surface area contributed by atoms with Gasteiger partial charge in [-0.3, -0.25) is 14.4 Å². The molecule has 0 unspecified atom stereocenters. The third kappa shape index (κ3) is 5.33. The topological polar surface area (TPSA) is 84.5 Å². The molecule has 2 rings (SSSR count). The van der Waals surface area contributed by atoms with E-state index in [4.69, 9.17) is 4.74 Å². The second-order valence-corrected chi connectivity index (χ2v) is 5.82. The molecule has 0 aromatic heterocycles. The van der Waals surface area contributed by atoms with Crippen LogP contribution in [0.15, 0.2) is 24.3 Å². The first-order chi connectivity index (χ1) is 11.5. The largest absolute Gasteiger partial charge is 0.451 e. The maximum atomic E-state index is 13.0. The second kappa shape index (κ2) is 8.42. The Balaban J connectivity index is 1.73. The molecule has 24 heavy (non-hydrogen) atoms. The van der Waals surface area contributed by atoms with Gasteiger partial charge in [0.1, 0.15) is 12.4 Å². The molecule has 7 heteroatoms. The highest BCUT2D eigenvalue weighted by atomic mass is 19.1. The summed E-state index contributed by atoms with van der Waals surface area (Å²) in [6.45, 7) is 1.09.